The Kier molecular flexibility index (Phi) is 6.69. The highest BCUT2D eigenvalue weighted by Crippen LogP contribution is 2.41. The topological polar surface area (TPSA) is 90.9 Å². The van der Waals surface area contributed by atoms with Crippen LogP contribution < -0.4 is 5.32 Å². The van der Waals surface area contributed by atoms with Crippen molar-refractivity contribution in [3.05, 3.63) is 77.1 Å². The van der Waals surface area contributed by atoms with Gasteiger partial charge in [0.15, 0.2) is 5.69 Å². The van der Waals surface area contributed by atoms with Crippen molar-refractivity contribution in [3.8, 4) is 11.8 Å². The zero-order valence-electron chi connectivity index (χ0n) is 17.8. The summed E-state index contributed by atoms with van der Waals surface area (Å²) in [5.74, 6) is -0.163. The van der Waals surface area contributed by atoms with Gasteiger partial charge in [-0.3, -0.25) is 4.79 Å². The van der Waals surface area contributed by atoms with Gasteiger partial charge in [-0.25, -0.2) is 4.68 Å². The highest BCUT2D eigenvalue weighted by molar-refractivity contribution is 14.1. The highest BCUT2D eigenvalue weighted by Gasteiger charge is 2.36. The van der Waals surface area contributed by atoms with E-state index in [4.69, 9.17) is 5.26 Å². The Morgan fingerprint density at radius 3 is 2.62 bits per heavy atom. The molecule has 1 aliphatic carbocycles. The van der Waals surface area contributed by atoms with Crippen molar-refractivity contribution >= 4 is 34.2 Å². The molecular formula is C24H20F3IN4O2. The molecule has 2 N–H and O–H groups in total. The van der Waals surface area contributed by atoms with Crippen molar-refractivity contribution in [2.45, 2.75) is 35.5 Å². The molecule has 1 saturated carbocycles. The van der Waals surface area contributed by atoms with Gasteiger partial charge in [0.1, 0.15) is 9.30 Å². The van der Waals surface area contributed by atoms with E-state index in [1.54, 1.807) is 24.3 Å². The summed E-state index contributed by atoms with van der Waals surface area (Å²) in [6, 6.07) is 15.0. The first-order valence-corrected chi connectivity index (χ1v) is 11.7. The van der Waals surface area contributed by atoms with E-state index in [1.165, 1.54) is 37.1 Å². The molecule has 1 aliphatic rings. The van der Waals surface area contributed by atoms with Crippen LogP contribution in [0.3, 0.4) is 0 Å². The van der Waals surface area contributed by atoms with Crippen LogP contribution in [0.25, 0.3) is 5.69 Å². The second-order valence-corrected chi connectivity index (χ2v) is 10.0. The van der Waals surface area contributed by atoms with Gasteiger partial charge in [-0.15, -0.1) is 0 Å². The number of anilines is 1. The molecule has 1 unspecified atom stereocenters. The van der Waals surface area contributed by atoms with Crippen LogP contribution in [0.15, 0.2) is 54.6 Å². The summed E-state index contributed by atoms with van der Waals surface area (Å²) in [4.78, 5) is 13.0. The average Bonchev–Trinajstić information content (AvgIpc) is 3.52. The number of hydrogen-bond acceptors (Lipinski definition) is 4. The fraction of sp³-hybridized carbons (Fsp3) is 0.292. The molecule has 6 nitrogen and oxygen atoms in total. The standard InChI is InChI=1S/C24H20F3IN4O2/c25-24(26,27)21-13-20(32(31-21)19-6-1-3-16(11-19)14-29)22(33)30-18-5-2-4-17(12-18)23(28,34)10-9-15-7-8-15/h1-6,11-13,15,34H,7-10H2,(H,30,33). The van der Waals surface area contributed by atoms with Crippen molar-refractivity contribution in [1.29, 1.82) is 5.26 Å². The summed E-state index contributed by atoms with van der Waals surface area (Å²) in [6.07, 6.45) is -0.947. The lowest BCUT2D eigenvalue weighted by Crippen LogP contribution is -2.19. The Bertz CT molecular complexity index is 1260. The third kappa shape index (κ3) is 5.59. The molecule has 0 saturated heterocycles. The number of halogens is 4. The van der Waals surface area contributed by atoms with Gasteiger partial charge in [-0.05, 0) is 77.2 Å². The molecule has 1 aromatic heterocycles. The van der Waals surface area contributed by atoms with E-state index in [0.29, 0.717) is 29.7 Å². The Balaban J connectivity index is 1.63. The number of alkyl halides is 4. The number of aliphatic hydroxyl groups is 1. The summed E-state index contributed by atoms with van der Waals surface area (Å²) < 4.78 is 39.8. The van der Waals surface area contributed by atoms with Crippen LogP contribution in [0.1, 0.15) is 53.0 Å². The van der Waals surface area contributed by atoms with Gasteiger partial charge in [-0.1, -0.05) is 31.0 Å². The molecule has 1 fully saturated rings. The second kappa shape index (κ2) is 9.38. The van der Waals surface area contributed by atoms with Crippen LogP contribution in [0, 0.1) is 17.2 Å². The number of carbonyl (C=O) groups excluding carboxylic acids is 1. The normalized spacial score (nSPS) is 15.4. The first-order chi connectivity index (χ1) is 16.1. The molecule has 0 spiro atoms. The van der Waals surface area contributed by atoms with Crippen LogP contribution >= 0.6 is 22.6 Å². The molecule has 3 aromatic rings. The number of benzene rings is 2. The zero-order chi connectivity index (χ0) is 24.5. The summed E-state index contributed by atoms with van der Waals surface area (Å²) in [7, 11) is 0. The van der Waals surface area contributed by atoms with E-state index >= 15 is 0 Å². The largest absolute Gasteiger partial charge is 0.435 e. The molecule has 34 heavy (non-hydrogen) atoms. The zero-order valence-corrected chi connectivity index (χ0v) is 20.0. The minimum Gasteiger partial charge on any atom is -0.375 e. The van der Waals surface area contributed by atoms with E-state index in [2.05, 4.69) is 10.4 Å². The molecule has 2 aromatic carbocycles. The SMILES string of the molecule is N#Cc1cccc(-n2nc(C(F)(F)F)cc2C(=O)Nc2cccc(C(O)(I)CCC3CC3)c2)c1. The smallest absolute Gasteiger partial charge is 0.375 e. The average molecular weight is 580 g/mol. The Labute approximate surface area is 207 Å². The Morgan fingerprint density at radius 1 is 1.21 bits per heavy atom. The first-order valence-electron chi connectivity index (χ1n) is 10.6. The predicted octanol–water partition coefficient (Wildman–Crippen LogP) is 5.79. The van der Waals surface area contributed by atoms with Gasteiger partial charge in [0.25, 0.3) is 5.91 Å². The molecule has 1 amide bonds. The maximum Gasteiger partial charge on any atom is 0.435 e. The number of nitrogens with zero attached hydrogens (tertiary/aromatic N) is 3. The number of aromatic nitrogens is 2. The summed E-state index contributed by atoms with van der Waals surface area (Å²) in [6.45, 7) is 0. The molecule has 0 aliphatic heterocycles. The monoisotopic (exact) mass is 580 g/mol. The predicted molar refractivity (Wildman–Crippen MR) is 128 cm³/mol. The van der Waals surface area contributed by atoms with E-state index in [0.717, 1.165) is 11.1 Å². The molecule has 176 valence electrons. The van der Waals surface area contributed by atoms with Crippen LogP contribution in [-0.2, 0) is 9.78 Å². The third-order valence-electron chi connectivity index (χ3n) is 5.60. The molecular weight excluding hydrogens is 560 g/mol. The first kappa shape index (κ1) is 24.2. The fourth-order valence-electron chi connectivity index (χ4n) is 3.56. The van der Waals surface area contributed by atoms with Gasteiger partial charge < -0.3 is 10.4 Å². The number of amides is 1. The molecule has 1 atom stereocenters. The van der Waals surface area contributed by atoms with Gasteiger partial charge in [0.2, 0.25) is 0 Å². The Morgan fingerprint density at radius 2 is 1.94 bits per heavy atom. The molecule has 4 rings (SSSR count). The highest BCUT2D eigenvalue weighted by atomic mass is 127. The number of nitriles is 1. The maximum atomic E-state index is 13.4. The second-order valence-electron chi connectivity index (χ2n) is 8.26. The van der Waals surface area contributed by atoms with Gasteiger partial charge in [-0.2, -0.15) is 23.5 Å². The summed E-state index contributed by atoms with van der Waals surface area (Å²) in [5.41, 5.74) is -0.279. The molecule has 1 heterocycles. The lowest BCUT2D eigenvalue weighted by molar-refractivity contribution is -0.141. The Hall–Kier alpha value is -2.91. The van der Waals surface area contributed by atoms with Crippen LogP contribution in [0.5, 0.6) is 0 Å². The molecule has 10 heteroatoms. The molecule has 0 bridgehead atoms. The lowest BCUT2D eigenvalue weighted by Gasteiger charge is -2.22. The van der Waals surface area contributed by atoms with Crippen molar-refractivity contribution < 1.29 is 23.1 Å². The van der Waals surface area contributed by atoms with E-state index < -0.39 is 21.4 Å². The van der Waals surface area contributed by atoms with E-state index in [-0.39, 0.29) is 16.9 Å². The summed E-state index contributed by atoms with van der Waals surface area (Å²) in [5, 5.41) is 26.2. The van der Waals surface area contributed by atoms with Crippen molar-refractivity contribution in [1.82, 2.24) is 9.78 Å². The van der Waals surface area contributed by atoms with Gasteiger partial charge >= 0.3 is 6.18 Å². The minimum atomic E-state index is -4.76. The van der Waals surface area contributed by atoms with Gasteiger partial charge in [0.05, 0.1) is 17.3 Å². The number of rotatable bonds is 7. The van der Waals surface area contributed by atoms with E-state index in [1.807, 2.05) is 28.7 Å². The quantitative estimate of drug-likeness (QED) is 0.274. The fourth-order valence-corrected chi connectivity index (χ4v) is 4.21. The maximum absolute atomic E-state index is 13.4. The van der Waals surface area contributed by atoms with Gasteiger partial charge in [0, 0.05) is 11.8 Å². The minimum absolute atomic E-state index is 0.148. The van der Waals surface area contributed by atoms with Crippen LogP contribution in [-0.4, -0.2) is 20.8 Å². The van der Waals surface area contributed by atoms with Crippen LogP contribution in [0.4, 0.5) is 18.9 Å². The van der Waals surface area contributed by atoms with E-state index in [9.17, 15) is 23.1 Å². The van der Waals surface area contributed by atoms with Crippen LogP contribution in [0.2, 0.25) is 0 Å². The number of hydrogen-bond donors (Lipinski definition) is 2. The third-order valence-corrected chi connectivity index (χ3v) is 6.76. The van der Waals surface area contributed by atoms with Crippen molar-refractivity contribution in [3.63, 3.8) is 0 Å². The lowest BCUT2D eigenvalue weighted by atomic mass is 10.0. The molecule has 0 radical (unpaired) electrons. The number of nitrogens with one attached hydrogen (secondary N) is 1. The van der Waals surface area contributed by atoms with Crippen molar-refractivity contribution in [2.24, 2.45) is 5.92 Å². The summed E-state index contributed by atoms with van der Waals surface area (Å²) >= 11 is 1.97. The van der Waals surface area contributed by atoms with Crippen molar-refractivity contribution in [2.75, 3.05) is 5.32 Å². The number of carbonyl (C=O) groups is 1.